The van der Waals surface area contributed by atoms with E-state index in [1.165, 1.54) is 13.8 Å². The Balaban J connectivity index is 1.92. The van der Waals surface area contributed by atoms with E-state index in [9.17, 15) is 13.6 Å². The van der Waals surface area contributed by atoms with E-state index in [-0.39, 0.29) is 29.2 Å². The van der Waals surface area contributed by atoms with Gasteiger partial charge in [0.05, 0.1) is 7.11 Å². The number of alkyl halides is 2. The van der Waals surface area contributed by atoms with Gasteiger partial charge >= 0.3 is 5.97 Å². The zero-order valence-corrected chi connectivity index (χ0v) is 14.5. The van der Waals surface area contributed by atoms with Crippen LogP contribution in [0.15, 0.2) is 36.4 Å². The molecule has 0 bridgehead atoms. The number of hydrogen-bond acceptors (Lipinski definition) is 5. The molecule has 2 aromatic carbocycles. The molecule has 5 nitrogen and oxygen atoms in total. The Morgan fingerprint density at radius 1 is 1.12 bits per heavy atom. The van der Waals surface area contributed by atoms with E-state index in [0.29, 0.717) is 5.75 Å². The zero-order chi connectivity index (χ0) is 18.9. The molecule has 7 heteroatoms. The summed E-state index contributed by atoms with van der Waals surface area (Å²) in [5.41, 5.74) is 0.494. The summed E-state index contributed by atoms with van der Waals surface area (Å²) in [7, 11) is 1.56. The molecular weight excluding hydrogens is 346 g/mol. The average molecular weight is 364 g/mol. The molecule has 0 spiro atoms. The summed E-state index contributed by atoms with van der Waals surface area (Å²) in [5.74, 6) is -1.22. The Morgan fingerprint density at radius 2 is 1.81 bits per heavy atom. The van der Waals surface area contributed by atoms with E-state index >= 15 is 0 Å². The summed E-state index contributed by atoms with van der Waals surface area (Å²) < 4.78 is 47.9. The van der Waals surface area contributed by atoms with Crippen LogP contribution in [0.5, 0.6) is 17.2 Å². The van der Waals surface area contributed by atoms with Crippen LogP contribution < -0.4 is 14.2 Å². The highest BCUT2D eigenvalue weighted by molar-refractivity contribution is 5.97. The lowest BCUT2D eigenvalue weighted by Gasteiger charge is -2.32. The third kappa shape index (κ3) is 3.71. The molecule has 1 heterocycles. The molecule has 0 saturated carbocycles. The number of ether oxygens (including phenoxy) is 4. The van der Waals surface area contributed by atoms with Gasteiger partial charge in [-0.05, 0) is 29.8 Å². The van der Waals surface area contributed by atoms with Gasteiger partial charge in [-0.1, -0.05) is 12.1 Å². The lowest BCUT2D eigenvalue weighted by Crippen LogP contribution is -2.39. The number of carbonyl (C=O) groups is 1. The second kappa shape index (κ2) is 6.82. The van der Waals surface area contributed by atoms with E-state index in [2.05, 4.69) is 0 Å². The monoisotopic (exact) mass is 364 g/mol. The van der Waals surface area contributed by atoms with E-state index in [0.717, 1.165) is 17.7 Å². The van der Waals surface area contributed by atoms with Gasteiger partial charge in [0, 0.05) is 19.4 Å². The number of hydrogen-bond donors (Lipinski definition) is 0. The second-order valence-electron chi connectivity index (χ2n) is 6.22. The standard InChI is InChI=1S/C19H18F2O5/c1-19(2)25-15-9-12(17(20)21)8-14(16(15)18(22)26-19)24-10-11-4-6-13(23-3)7-5-11/h4-9,17H,10H2,1-3H3. The van der Waals surface area contributed by atoms with Crippen molar-refractivity contribution >= 4 is 5.97 Å². The first-order valence-electron chi connectivity index (χ1n) is 7.93. The number of fused-ring (bicyclic) bond motifs is 1. The summed E-state index contributed by atoms with van der Waals surface area (Å²) in [6.45, 7) is 3.14. The number of halogens is 2. The van der Waals surface area contributed by atoms with Gasteiger partial charge in [-0.3, -0.25) is 0 Å². The quantitative estimate of drug-likeness (QED) is 0.732. The van der Waals surface area contributed by atoms with Crippen LogP contribution in [0.25, 0.3) is 0 Å². The van der Waals surface area contributed by atoms with Crippen LogP contribution in [-0.2, 0) is 11.3 Å². The minimum absolute atomic E-state index is 0.00207. The Hall–Kier alpha value is -2.83. The molecule has 138 valence electrons. The van der Waals surface area contributed by atoms with E-state index < -0.39 is 18.2 Å². The number of methoxy groups -OCH3 is 1. The van der Waals surface area contributed by atoms with Crippen LogP contribution in [0.2, 0.25) is 0 Å². The molecule has 2 aromatic rings. The van der Waals surface area contributed by atoms with Crippen molar-refractivity contribution < 1.29 is 32.5 Å². The first kappa shape index (κ1) is 18.0. The summed E-state index contributed by atoms with van der Waals surface area (Å²) in [6, 6.07) is 9.34. The third-order valence-corrected chi connectivity index (χ3v) is 3.79. The molecule has 1 aliphatic heterocycles. The van der Waals surface area contributed by atoms with Crippen LogP contribution >= 0.6 is 0 Å². The van der Waals surface area contributed by atoms with Gasteiger partial charge in [-0.15, -0.1) is 0 Å². The van der Waals surface area contributed by atoms with Crippen molar-refractivity contribution in [1.29, 1.82) is 0 Å². The van der Waals surface area contributed by atoms with Crippen molar-refractivity contribution in [3.8, 4) is 17.2 Å². The van der Waals surface area contributed by atoms with Crippen molar-refractivity contribution in [2.75, 3.05) is 7.11 Å². The number of esters is 1. The molecular formula is C19H18F2O5. The fraction of sp³-hybridized carbons (Fsp3) is 0.316. The summed E-state index contributed by atoms with van der Waals surface area (Å²) in [5, 5.41) is 0. The topological polar surface area (TPSA) is 54.0 Å². The number of cyclic esters (lactones) is 1. The summed E-state index contributed by atoms with van der Waals surface area (Å²) in [4.78, 5) is 12.3. The molecule has 0 fully saturated rings. The first-order valence-corrected chi connectivity index (χ1v) is 7.93. The molecule has 0 radical (unpaired) electrons. The van der Waals surface area contributed by atoms with Crippen molar-refractivity contribution in [2.24, 2.45) is 0 Å². The third-order valence-electron chi connectivity index (χ3n) is 3.79. The Labute approximate surface area is 149 Å². The van der Waals surface area contributed by atoms with Crippen LogP contribution in [0.3, 0.4) is 0 Å². The van der Waals surface area contributed by atoms with Crippen LogP contribution in [0.1, 0.15) is 41.8 Å². The number of carbonyl (C=O) groups excluding carboxylic acids is 1. The molecule has 0 aliphatic carbocycles. The molecule has 3 rings (SSSR count). The minimum atomic E-state index is -2.73. The molecule has 0 amide bonds. The van der Waals surface area contributed by atoms with E-state index in [1.807, 2.05) is 0 Å². The largest absolute Gasteiger partial charge is 0.497 e. The minimum Gasteiger partial charge on any atom is -0.497 e. The highest BCUT2D eigenvalue weighted by atomic mass is 19.3. The highest BCUT2D eigenvalue weighted by Crippen LogP contribution is 2.40. The number of rotatable bonds is 5. The lowest BCUT2D eigenvalue weighted by atomic mass is 10.1. The average Bonchev–Trinajstić information content (AvgIpc) is 2.58. The smallest absolute Gasteiger partial charge is 0.349 e. The van der Waals surface area contributed by atoms with Gasteiger partial charge in [-0.25, -0.2) is 13.6 Å². The molecule has 26 heavy (non-hydrogen) atoms. The fourth-order valence-electron chi connectivity index (χ4n) is 2.57. The molecule has 0 atom stereocenters. The van der Waals surface area contributed by atoms with Crippen molar-refractivity contribution in [3.05, 3.63) is 53.1 Å². The van der Waals surface area contributed by atoms with Crippen LogP contribution in [0, 0.1) is 0 Å². The van der Waals surface area contributed by atoms with Gasteiger partial charge in [0.1, 0.15) is 29.4 Å². The Morgan fingerprint density at radius 3 is 2.42 bits per heavy atom. The van der Waals surface area contributed by atoms with E-state index in [4.69, 9.17) is 18.9 Å². The fourth-order valence-corrected chi connectivity index (χ4v) is 2.57. The highest BCUT2D eigenvalue weighted by Gasteiger charge is 2.37. The molecule has 0 aromatic heterocycles. The predicted octanol–water partition coefficient (Wildman–Crippen LogP) is 4.50. The molecule has 0 unspecified atom stereocenters. The summed E-state index contributed by atoms with van der Waals surface area (Å²) in [6.07, 6.45) is -2.73. The maximum Gasteiger partial charge on any atom is 0.349 e. The molecule has 0 N–H and O–H groups in total. The predicted molar refractivity (Wildman–Crippen MR) is 88.8 cm³/mol. The van der Waals surface area contributed by atoms with Gasteiger partial charge in [0.15, 0.2) is 0 Å². The van der Waals surface area contributed by atoms with Gasteiger partial charge in [0.2, 0.25) is 5.79 Å². The zero-order valence-electron chi connectivity index (χ0n) is 14.5. The van der Waals surface area contributed by atoms with Crippen LogP contribution in [-0.4, -0.2) is 18.9 Å². The van der Waals surface area contributed by atoms with Crippen molar-refractivity contribution in [3.63, 3.8) is 0 Å². The maximum absolute atomic E-state index is 13.2. The van der Waals surface area contributed by atoms with Crippen molar-refractivity contribution in [1.82, 2.24) is 0 Å². The van der Waals surface area contributed by atoms with Gasteiger partial charge in [0.25, 0.3) is 6.43 Å². The molecule has 0 saturated heterocycles. The Kier molecular flexibility index (Phi) is 4.71. The van der Waals surface area contributed by atoms with Gasteiger partial charge in [-0.2, -0.15) is 0 Å². The lowest BCUT2D eigenvalue weighted by molar-refractivity contribution is -0.127. The van der Waals surface area contributed by atoms with Crippen molar-refractivity contribution in [2.45, 2.75) is 32.7 Å². The normalized spacial score (nSPS) is 15.1. The Bertz CT molecular complexity index is 815. The van der Waals surface area contributed by atoms with Crippen LogP contribution in [0.4, 0.5) is 8.78 Å². The van der Waals surface area contributed by atoms with E-state index in [1.54, 1.807) is 31.4 Å². The second-order valence-corrected chi connectivity index (χ2v) is 6.22. The SMILES string of the molecule is COc1ccc(COc2cc(C(F)F)cc3c2C(=O)OC(C)(C)O3)cc1. The number of benzene rings is 2. The molecule has 1 aliphatic rings. The maximum atomic E-state index is 13.2. The van der Waals surface area contributed by atoms with Gasteiger partial charge < -0.3 is 18.9 Å². The first-order chi connectivity index (χ1) is 12.3. The summed E-state index contributed by atoms with van der Waals surface area (Å²) >= 11 is 0.